The van der Waals surface area contributed by atoms with Crippen molar-refractivity contribution >= 4 is 0 Å². The smallest absolute Gasteiger partial charge is 0.167 e. The fraction of sp³-hybridized carbons (Fsp3) is 0.400. The molecule has 1 rings (SSSR count). The van der Waals surface area contributed by atoms with Crippen molar-refractivity contribution in [3.05, 3.63) is 28.6 Å². The van der Waals surface area contributed by atoms with E-state index in [4.69, 9.17) is 5.73 Å². The van der Waals surface area contributed by atoms with E-state index in [0.29, 0.717) is 11.1 Å². The number of hydrogen-bond acceptors (Lipinski definition) is 2. The predicted octanol–water partition coefficient (Wildman–Crippen LogP) is 2.17. The third-order valence-corrected chi connectivity index (χ3v) is 2.20. The van der Waals surface area contributed by atoms with Crippen LogP contribution in [0.4, 0.5) is 4.39 Å². The van der Waals surface area contributed by atoms with Gasteiger partial charge in [0.1, 0.15) is 0 Å². The summed E-state index contributed by atoms with van der Waals surface area (Å²) in [5.41, 5.74) is 7.41. The Bertz CT molecular complexity index is 334. The van der Waals surface area contributed by atoms with Gasteiger partial charge in [0.25, 0.3) is 0 Å². The molecule has 0 aliphatic rings. The standard InChI is InChI=1S/C10H14FNO/c1-5-4-8(7(3)12)6(2)10(13)9(5)11/h4,7,13H,12H2,1-3H3. The lowest BCUT2D eigenvalue weighted by molar-refractivity contribution is 0.424. The van der Waals surface area contributed by atoms with Crippen LogP contribution in [0.3, 0.4) is 0 Å². The highest BCUT2D eigenvalue weighted by Gasteiger charge is 2.13. The van der Waals surface area contributed by atoms with E-state index in [1.807, 2.05) is 0 Å². The van der Waals surface area contributed by atoms with Gasteiger partial charge in [-0.05, 0) is 37.5 Å². The summed E-state index contributed by atoms with van der Waals surface area (Å²) in [6, 6.07) is 1.49. The minimum Gasteiger partial charge on any atom is -0.505 e. The van der Waals surface area contributed by atoms with Gasteiger partial charge in [0.15, 0.2) is 11.6 Å². The second-order valence-electron chi connectivity index (χ2n) is 3.36. The van der Waals surface area contributed by atoms with E-state index in [0.717, 1.165) is 5.56 Å². The zero-order chi connectivity index (χ0) is 10.2. The van der Waals surface area contributed by atoms with Crippen molar-refractivity contribution in [2.75, 3.05) is 0 Å². The van der Waals surface area contributed by atoms with E-state index in [1.165, 1.54) is 0 Å². The topological polar surface area (TPSA) is 46.2 Å². The monoisotopic (exact) mass is 183 g/mol. The number of nitrogens with two attached hydrogens (primary N) is 1. The van der Waals surface area contributed by atoms with Gasteiger partial charge in [-0.25, -0.2) is 4.39 Å². The average Bonchev–Trinajstić information content (AvgIpc) is 2.07. The van der Waals surface area contributed by atoms with Gasteiger partial charge in [-0.3, -0.25) is 0 Å². The van der Waals surface area contributed by atoms with Crippen LogP contribution >= 0.6 is 0 Å². The van der Waals surface area contributed by atoms with Crippen molar-refractivity contribution < 1.29 is 9.50 Å². The van der Waals surface area contributed by atoms with Gasteiger partial charge in [-0.2, -0.15) is 0 Å². The van der Waals surface area contributed by atoms with Crippen LogP contribution in [0.2, 0.25) is 0 Å². The quantitative estimate of drug-likeness (QED) is 0.700. The normalized spacial score (nSPS) is 13.0. The summed E-state index contributed by atoms with van der Waals surface area (Å²) in [5, 5.41) is 9.39. The summed E-state index contributed by atoms with van der Waals surface area (Å²) in [4.78, 5) is 0. The van der Waals surface area contributed by atoms with Crippen LogP contribution in [0.25, 0.3) is 0 Å². The zero-order valence-corrected chi connectivity index (χ0v) is 8.06. The zero-order valence-electron chi connectivity index (χ0n) is 8.06. The molecule has 0 aliphatic heterocycles. The maximum absolute atomic E-state index is 13.1. The first-order chi connectivity index (χ1) is 5.95. The lowest BCUT2D eigenvalue weighted by atomic mass is 9.99. The summed E-state index contributed by atoms with van der Waals surface area (Å²) in [5.74, 6) is -0.839. The number of halogens is 1. The van der Waals surface area contributed by atoms with Crippen LogP contribution in [-0.4, -0.2) is 5.11 Å². The van der Waals surface area contributed by atoms with Crippen LogP contribution in [0.15, 0.2) is 6.07 Å². The van der Waals surface area contributed by atoms with Crippen molar-refractivity contribution in [3.63, 3.8) is 0 Å². The summed E-state index contributed by atoms with van der Waals surface area (Å²) in [6.45, 7) is 5.08. The van der Waals surface area contributed by atoms with Crippen molar-refractivity contribution in [3.8, 4) is 5.75 Å². The molecule has 0 bridgehead atoms. The minimum atomic E-state index is -0.554. The maximum atomic E-state index is 13.1. The van der Waals surface area contributed by atoms with Crippen LogP contribution in [0.5, 0.6) is 5.75 Å². The summed E-state index contributed by atoms with van der Waals surface area (Å²) < 4.78 is 13.1. The lowest BCUT2D eigenvalue weighted by Crippen LogP contribution is -2.08. The molecule has 13 heavy (non-hydrogen) atoms. The first-order valence-corrected chi connectivity index (χ1v) is 4.19. The molecular formula is C10H14FNO. The lowest BCUT2D eigenvalue weighted by Gasteiger charge is -2.13. The summed E-state index contributed by atoms with van der Waals surface area (Å²) >= 11 is 0. The van der Waals surface area contributed by atoms with Gasteiger partial charge in [0.2, 0.25) is 0 Å². The highest BCUT2D eigenvalue weighted by atomic mass is 19.1. The van der Waals surface area contributed by atoms with Crippen molar-refractivity contribution in [2.45, 2.75) is 26.8 Å². The van der Waals surface area contributed by atoms with Crippen molar-refractivity contribution in [2.24, 2.45) is 5.73 Å². The van der Waals surface area contributed by atoms with E-state index < -0.39 is 5.82 Å². The molecule has 0 amide bonds. The van der Waals surface area contributed by atoms with Gasteiger partial charge in [-0.1, -0.05) is 6.07 Å². The second kappa shape index (κ2) is 3.34. The number of rotatable bonds is 1. The van der Waals surface area contributed by atoms with E-state index in [-0.39, 0.29) is 11.8 Å². The highest BCUT2D eigenvalue weighted by Crippen LogP contribution is 2.29. The van der Waals surface area contributed by atoms with Gasteiger partial charge in [0.05, 0.1) is 0 Å². The molecule has 3 N–H and O–H groups in total. The number of aromatic hydroxyl groups is 1. The Balaban J connectivity index is 3.41. The Kier molecular flexibility index (Phi) is 2.57. The minimum absolute atomic E-state index is 0.190. The van der Waals surface area contributed by atoms with Gasteiger partial charge in [0, 0.05) is 6.04 Å². The van der Waals surface area contributed by atoms with Crippen molar-refractivity contribution in [1.29, 1.82) is 0 Å². The first kappa shape index (κ1) is 9.99. The Morgan fingerprint density at radius 1 is 1.46 bits per heavy atom. The number of hydrogen-bond donors (Lipinski definition) is 2. The van der Waals surface area contributed by atoms with Gasteiger partial charge >= 0.3 is 0 Å². The Labute approximate surface area is 77.2 Å². The molecule has 0 spiro atoms. The van der Waals surface area contributed by atoms with Crippen LogP contribution in [-0.2, 0) is 0 Å². The molecule has 0 saturated carbocycles. The third-order valence-electron chi connectivity index (χ3n) is 2.20. The molecule has 2 nitrogen and oxygen atoms in total. The maximum Gasteiger partial charge on any atom is 0.167 e. The molecule has 0 radical (unpaired) electrons. The van der Waals surface area contributed by atoms with Gasteiger partial charge < -0.3 is 10.8 Å². The van der Waals surface area contributed by atoms with E-state index >= 15 is 0 Å². The molecule has 0 aliphatic carbocycles. The molecule has 0 aromatic heterocycles. The van der Waals surface area contributed by atoms with E-state index in [2.05, 4.69) is 0 Å². The molecule has 0 fully saturated rings. The molecule has 1 aromatic rings. The largest absolute Gasteiger partial charge is 0.505 e. The Morgan fingerprint density at radius 3 is 2.46 bits per heavy atom. The van der Waals surface area contributed by atoms with E-state index in [1.54, 1.807) is 26.8 Å². The summed E-state index contributed by atoms with van der Waals surface area (Å²) in [6.07, 6.45) is 0. The second-order valence-corrected chi connectivity index (χ2v) is 3.36. The average molecular weight is 183 g/mol. The fourth-order valence-electron chi connectivity index (χ4n) is 1.37. The number of benzene rings is 1. The summed E-state index contributed by atoms with van der Waals surface area (Å²) in [7, 11) is 0. The van der Waals surface area contributed by atoms with Crippen LogP contribution in [0, 0.1) is 19.7 Å². The fourth-order valence-corrected chi connectivity index (χ4v) is 1.37. The van der Waals surface area contributed by atoms with Crippen LogP contribution in [0.1, 0.15) is 29.7 Å². The Hall–Kier alpha value is -1.09. The van der Waals surface area contributed by atoms with Crippen molar-refractivity contribution in [1.82, 2.24) is 0 Å². The molecule has 1 aromatic carbocycles. The van der Waals surface area contributed by atoms with Crippen LogP contribution < -0.4 is 5.73 Å². The molecule has 0 saturated heterocycles. The number of phenolic OH excluding ortho intramolecular Hbond substituents is 1. The van der Waals surface area contributed by atoms with Gasteiger partial charge in [-0.15, -0.1) is 0 Å². The SMILES string of the molecule is Cc1cc(C(C)N)c(C)c(O)c1F. The highest BCUT2D eigenvalue weighted by molar-refractivity contribution is 5.44. The first-order valence-electron chi connectivity index (χ1n) is 4.19. The predicted molar refractivity (Wildman–Crippen MR) is 50.1 cm³/mol. The molecule has 72 valence electrons. The Morgan fingerprint density at radius 2 is 2.00 bits per heavy atom. The van der Waals surface area contributed by atoms with E-state index in [9.17, 15) is 9.50 Å². The molecule has 1 atom stereocenters. The molecule has 3 heteroatoms. The number of aryl methyl sites for hydroxylation is 1. The third kappa shape index (κ3) is 1.65. The molecule has 0 heterocycles. The molecule has 1 unspecified atom stereocenters. The molecular weight excluding hydrogens is 169 g/mol. The number of phenols is 1.